The lowest BCUT2D eigenvalue weighted by atomic mass is 10.1. The number of hydrogen-bond acceptors (Lipinski definition) is 3. The fourth-order valence-electron chi connectivity index (χ4n) is 1.51. The van der Waals surface area contributed by atoms with E-state index in [1.165, 1.54) is 6.07 Å². The molecule has 0 aliphatic heterocycles. The first-order valence-corrected chi connectivity index (χ1v) is 5.73. The van der Waals surface area contributed by atoms with Crippen LogP contribution in [0.1, 0.15) is 12.0 Å². The predicted octanol–water partition coefficient (Wildman–Crippen LogP) is 1.97. The summed E-state index contributed by atoms with van der Waals surface area (Å²) in [6.07, 6.45) is -4.58. The molecule has 1 atom stereocenters. The molecule has 1 rings (SSSR count). The zero-order valence-electron chi connectivity index (χ0n) is 9.80. The first-order chi connectivity index (χ1) is 8.72. The molecule has 0 saturated heterocycles. The van der Waals surface area contributed by atoms with E-state index in [4.69, 9.17) is 23.1 Å². The number of carbonyl (C=O) groups excluding carboxylic acids is 1. The number of nitrogens with two attached hydrogens (primary N) is 2. The molecule has 19 heavy (non-hydrogen) atoms. The summed E-state index contributed by atoms with van der Waals surface area (Å²) in [5.74, 6) is -0.596. The summed E-state index contributed by atoms with van der Waals surface area (Å²) in [7, 11) is 0. The highest BCUT2D eigenvalue weighted by molar-refractivity contribution is 6.30. The molecule has 1 amide bonds. The van der Waals surface area contributed by atoms with Gasteiger partial charge in [-0.2, -0.15) is 13.2 Å². The summed E-state index contributed by atoms with van der Waals surface area (Å²) in [6, 6.07) is 2.49. The lowest BCUT2D eigenvalue weighted by Crippen LogP contribution is -2.33. The summed E-state index contributed by atoms with van der Waals surface area (Å²) >= 11 is 5.63. The van der Waals surface area contributed by atoms with Crippen molar-refractivity contribution < 1.29 is 18.0 Å². The van der Waals surface area contributed by atoms with Crippen molar-refractivity contribution in [1.29, 1.82) is 0 Å². The fourth-order valence-corrected chi connectivity index (χ4v) is 1.74. The van der Waals surface area contributed by atoms with Gasteiger partial charge in [-0.15, -0.1) is 0 Å². The number of rotatable bonds is 5. The number of halogens is 4. The highest BCUT2D eigenvalue weighted by atomic mass is 35.5. The lowest BCUT2D eigenvalue weighted by molar-refractivity contribution is -0.137. The van der Waals surface area contributed by atoms with Gasteiger partial charge >= 0.3 is 6.18 Å². The molecule has 1 aromatic rings. The van der Waals surface area contributed by atoms with Crippen LogP contribution in [0.4, 0.5) is 18.9 Å². The molecule has 0 heterocycles. The van der Waals surface area contributed by atoms with Crippen LogP contribution in [-0.4, -0.2) is 18.5 Å². The fraction of sp³-hybridized carbons (Fsp3) is 0.364. The first kappa shape index (κ1) is 15.6. The van der Waals surface area contributed by atoms with Gasteiger partial charge in [-0.25, -0.2) is 0 Å². The largest absolute Gasteiger partial charge is 0.416 e. The Morgan fingerprint density at radius 1 is 1.37 bits per heavy atom. The second-order valence-corrected chi connectivity index (χ2v) is 4.41. The van der Waals surface area contributed by atoms with Crippen molar-refractivity contribution in [3.63, 3.8) is 0 Å². The maximum atomic E-state index is 12.6. The van der Waals surface area contributed by atoms with Crippen LogP contribution >= 0.6 is 11.6 Å². The second-order valence-electron chi connectivity index (χ2n) is 3.97. The Balaban J connectivity index is 2.94. The Bertz CT molecular complexity index is 465. The van der Waals surface area contributed by atoms with Gasteiger partial charge < -0.3 is 16.8 Å². The van der Waals surface area contributed by atoms with Gasteiger partial charge in [-0.1, -0.05) is 11.6 Å². The van der Waals surface area contributed by atoms with Gasteiger partial charge in [0.05, 0.1) is 5.56 Å². The molecule has 0 radical (unpaired) electrons. The summed E-state index contributed by atoms with van der Waals surface area (Å²) in [4.78, 5) is 10.8. The van der Waals surface area contributed by atoms with Gasteiger partial charge in [-0.05, 0) is 18.2 Å². The number of benzene rings is 1. The number of carbonyl (C=O) groups is 1. The highest BCUT2D eigenvalue weighted by Gasteiger charge is 2.31. The zero-order chi connectivity index (χ0) is 14.6. The average Bonchev–Trinajstić information content (AvgIpc) is 2.25. The van der Waals surface area contributed by atoms with E-state index in [-0.39, 0.29) is 23.7 Å². The van der Waals surface area contributed by atoms with E-state index < -0.39 is 23.7 Å². The number of primary amides is 1. The third kappa shape index (κ3) is 4.96. The Morgan fingerprint density at radius 3 is 2.47 bits per heavy atom. The van der Waals surface area contributed by atoms with Crippen LogP contribution in [0.3, 0.4) is 0 Å². The van der Waals surface area contributed by atoms with E-state index in [1.54, 1.807) is 0 Å². The minimum absolute atomic E-state index is 0.0524. The van der Waals surface area contributed by atoms with Crippen molar-refractivity contribution in [3.05, 3.63) is 28.8 Å². The molecule has 0 aromatic heterocycles. The number of alkyl halides is 3. The van der Waals surface area contributed by atoms with Gasteiger partial charge in [0.1, 0.15) is 0 Å². The minimum atomic E-state index is -4.50. The summed E-state index contributed by atoms with van der Waals surface area (Å²) < 4.78 is 37.8. The Labute approximate surface area is 112 Å². The van der Waals surface area contributed by atoms with Crippen molar-refractivity contribution >= 4 is 23.2 Å². The molecular weight excluding hydrogens is 283 g/mol. The average molecular weight is 296 g/mol. The van der Waals surface area contributed by atoms with Crippen LogP contribution in [-0.2, 0) is 11.0 Å². The van der Waals surface area contributed by atoms with Gasteiger partial charge in [0.2, 0.25) is 5.91 Å². The van der Waals surface area contributed by atoms with Crippen LogP contribution in [0.5, 0.6) is 0 Å². The topological polar surface area (TPSA) is 81.1 Å². The summed E-state index contributed by atoms with van der Waals surface area (Å²) in [6.45, 7) is 0.0524. The molecule has 1 aromatic carbocycles. The molecule has 0 saturated carbocycles. The molecule has 5 N–H and O–H groups in total. The number of hydrogen-bond donors (Lipinski definition) is 3. The van der Waals surface area contributed by atoms with E-state index in [0.29, 0.717) is 0 Å². The second kappa shape index (κ2) is 6.12. The summed E-state index contributed by atoms with van der Waals surface area (Å²) in [5, 5.41) is 2.64. The van der Waals surface area contributed by atoms with E-state index in [9.17, 15) is 18.0 Å². The Kier molecular flexibility index (Phi) is 5.02. The highest BCUT2D eigenvalue weighted by Crippen LogP contribution is 2.33. The molecule has 1 unspecified atom stereocenters. The Morgan fingerprint density at radius 2 is 2.00 bits per heavy atom. The normalized spacial score (nSPS) is 13.1. The number of anilines is 1. The quantitative estimate of drug-likeness (QED) is 0.777. The zero-order valence-corrected chi connectivity index (χ0v) is 10.6. The van der Waals surface area contributed by atoms with E-state index in [0.717, 1.165) is 12.1 Å². The van der Waals surface area contributed by atoms with Crippen LogP contribution in [0.15, 0.2) is 18.2 Å². The first-order valence-electron chi connectivity index (χ1n) is 5.35. The van der Waals surface area contributed by atoms with E-state index in [2.05, 4.69) is 5.32 Å². The number of nitrogens with one attached hydrogen (secondary N) is 1. The molecule has 0 aliphatic rings. The molecule has 8 heteroatoms. The van der Waals surface area contributed by atoms with Gasteiger partial charge in [0, 0.05) is 29.7 Å². The summed E-state index contributed by atoms with van der Waals surface area (Å²) in [5.41, 5.74) is 9.67. The molecule has 0 fully saturated rings. The minimum Gasteiger partial charge on any atom is -0.380 e. The van der Waals surface area contributed by atoms with Crippen molar-refractivity contribution in [1.82, 2.24) is 0 Å². The predicted molar refractivity (Wildman–Crippen MR) is 66.7 cm³/mol. The molecule has 0 spiro atoms. The third-order valence-electron chi connectivity index (χ3n) is 2.33. The Hall–Kier alpha value is -1.47. The van der Waals surface area contributed by atoms with Crippen LogP contribution in [0.25, 0.3) is 0 Å². The molecular formula is C11H13ClF3N3O. The van der Waals surface area contributed by atoms with E-state index in [1.807, 2.05) is 0 Å². The van der Waals surface area contributed by atoms with Crippen LogP contribution < -0.4 is 16.8 Å². The molecule has 4 nitrogen and oxygen atoms in total. The monoisotopic (exact) mass is 295 g/mol. The van der Waals surface area contributed by atoms with Gasteiger partial charge in [0.15, 0.2) is 0 Å². The van der Waals surface area contributed by atoms with Crippen LogP contribution in [0.2, 0.25) is 5.02 Å². The maximum Gasteiger partial charge on any atom is 0.416 e. The smallest absolute Gasteiger partial charge is 0.380 e. The van der Waals surface area contributed by atoms with Crippen molar-refractivity contribution in [2.24, 2.45) is 11.5 Å². The molecule has 106 valence electrons. The van der Waals surface area contributed by atoms with Crippen molar-refractivity contribution in [2.75, 3.05) is 11.9 Å². The van der Waals surface area contributed by atoms with Crippen molar-refractivity contribution in [2.45, 2.75) is 18.6 Å². The van der Waals surface area contributed by atoms with E-state index >= 15 is 0 Å². The van der Waals surface area contributed by atoms with Crippen molar-refractivity contribution in [3.8, 4) is 0 Å². The van der Waals surface area contributed by atoms with Gasteiger partial charge in [-0.3, -0.25) is 4.79 Å². The van der Waals surface area contributed by atoms with Crippen LogP contribution in [0, 0.1) is 0 Å². The SMILES string of the molecule is NCC(CC(N)=O)Nc1cc(Cl)cc(C(F)(F)F)c1. The standard InChI is InChI=1S/C11H13ClF3N3O/c12-7-1-6(11(13,14)15)2-8(3-7)18-9(5-16)4-10(17)19/h1-3,9,18H,4-5,16H2,(H2,17,19). The third-order valence-corrected chi connectivity index (χ3v) is 2.55. The number of amides is 1. The maximum absolute atomic E-state index is 12.6. The molecule has 0 bridgehead atoms. The lowest BCUT2D eigenvalue weighted by Gasteiger charge is -2.18. The molecule has 0 aliphatic carbocycles. The van der Waals surface area contributed by atoms with Gasteiger partial charge in [0.25, 0.3) is 0 Å².